The lowest BCUT2D eigenvalue weighted by atomic mass is 9.93. The molecule has 0 aromatic carbocycles. The van der Waals surface area contributed by atoms with Gasteiger partial charge in [-0.25, -0.2) is 14.4 Å². The van der Waals surface area contributed by atoms with Gasteiger partial charge in [-0.2, -0.15) is 0 Å². The van der Waals surface area contributed by atoms with Gasteiger partial charge in [0.25, 0.3) is 5.91 Å². The van der Waals surface area contributed by atoms with Crippen molar-refractivity contribution in [1.82, 2.24) is 19.4 Å². The maximum absolute atomic E-state index is 15.3. The summed E-state index contributed by atoms with van der Waals surface area (Å²) < 4.78 is 22.5. The number of alkyl halides is 1. The zero-order valence-corrected chi connectivity index (χ0v) is 17.3. The van der Waals surface area contributed by atoms with E-state index in [0.717, 1.165) is 5.82 Å². The topological polar surface area (TPSA) is 60.2 Å². The first kappa shape index (κ1) is 20.5. The third-order valence-corrected chi connectivity index (χ3v) is 4.93. The molecule has 1 aliphatic rings. The number of pyridine rings is 1. The van der Waals surface area contributed by atoms with Gasteiger partial charge in [0, 0.05) is 51.8 Å². The second-order valence-electron chi connectivity index (χ2n) is 8.70. The van der Waals surface area contributed by atoms with E-state index in [1.807, 2.05) is 16.8 Å². The highest BCUT2D eigenvalue weighted by molar-refractivity contribution is 5.92. The van der Waals surface area contributed by atoms with E-state index in [0.29, 0.717) is 43.1 Å². The highest BCUT2D eigenvalue weighted by Gasteiger charge is 2.35. The Bertz CT molecular complexity index is 848. The first-order chi connectivity index (χ1) is 13.1. The quantitative estimate of drug-likeness (QED) is 0.805. The molecule has 0 radical (unpaired) electrons. The van der Waals surface area contributed by atoms with Gasteiger partial charge in [-0.05, 0) is 12.1 Å². The van der Waals surface area contributed by atoms with Gasteiger partial charge in [-0.15, -0.1) is 0 Å². The normalized spacial score (nSPS) is 16.8. The van der Waals surface area contributed by atoms with E-state index in [9.17, 15) is 4.79 Å². The van der Waals surface area contributed by atoms with Crippen LogP contribution < -0.4 is 0 Å². The number of hydrogen-bond donors (Lipinski definition) is 0. The average molecular weight is 388 g/mol. The smallest absolute Gasteiger partial charge is 0.271 e. The molecule has 28 heavy (non-hydrogen) atoms. The van der Waals surface area contributed by atoms with Crippen LogP contribution in [0.1, 0.15) is 49.9 Å². The molecule has 0 N–H and O–H groups in total. The molecule has 0 spiro atoms. The van der Waals surface area contributed by atoms with Gasteiger partial charge >= 0.3 is 0 Å². The summed E-state index contributed by atoms with van der Waals surface area (Å²) in [6.07, 6.45) is 2.62. The van der Waals surface area contributed by atoms with Crippen LogP contribution in [-0.2, 0) is 16.7 Å². The molecule has 0 aliphatic carbocycles. The van der Waals surface area contributed by atoms with E-state index >= 15 is 4.39 Å². The molecule has 1 fully saturated rings. The molecule has 1 amide bonds. The molecular weight excluding hydrogens is 359 g/mol. The van der Waals surface area contributed by atoms with Crippen LogP contribution in [0.4, 0.5) is 4.39 Å². The molecule has 0 saturated carbocycles. The van der Waals surface area contributed by atoms with Crippen molar-refractivity contribution in [2.24, 2.45) is 0 Å². The minimum atomic E-state index is -1.30. The standard InChI is InChI=1S/C21H29FN4O2/c1-20(2,3)19-24-17(13-26(19)14-21(22)9-11-28-12-10-21)15-7-6-8-16(23-15)18(27)25(4)5/h6-8,13H,9-12,14H2,1-5H3. The van der Waals surface area contributed by atoms with Crippen LogP contribution in [0.2, 0.25) is 0 Å². The molecule has 3 heterocycles. The highest BCUT2D eigenvalue weighted by atomic mass is 19.1. The van der Waals surface area contributed by atoms with Crippen molar-refractivity contribution in [3.05, 3.63) is 35.9 Å². The number of halogens is 1. The van der Waals surface area contributed by atoms with Crippen LogP contribution in [0.3, 0.4) is 0 Å². The number of imidazole rings is 1. The van der Waals surface area contributed by atoms with E-state index in [1.165, 1.54) is 4.90 Å². The average Bonchev–Trinajstić information content (AvgIpc) is 3.05. The van der Waals surface area contributed by atoms with Gasteiger partial charge < -0.3 is 14.2 Å². The van der Waals surface area contributed by atoms with Crippen molar-refractivity contribution in [2.75, 3.05) is 27.3 Å². The van der Waals surface area contributed by atoms with Crippen LogP contribution in [0.15, 0.2) is 24.4 Å². The predicted molar refractivity (Wildman–Crippen MR) is 106 cm³/mol. The van der Waals surface area contributed by atoms with Crippen LogP contribution in [-0.4, -0.2) is 58.3 Å². The summed E-state index contributed by atoms with van der Waals surface area (Å²) >= 11 is 0. The summed E-state index contributed by atoms with van der Waals surface area (Å²) in [5.41, 5.74) is 0.0648. The Balaban J connectivity index is 1.98. The van der Waals surface area contributed by atoms with Crippen LogP contribution in [0, 0.1) is 0 Å². The molecule has 2 aromatic heterocycles. The molecule has 0 atom stereocenters. The fraction of sp³-hybridized carbons (Fsp3) is 0.571. The van der Waals surface area contributed by atoms with E-state index in [4.69, 9.17) is 9.72 Å². The maximum Gasteiger partial charge on any atom is 0.271 e. The van der Waals surface area contributed by atoms with Crippen molar-refractivity contribution in [3.8, 4) is 11.4 Å². The van der Waals surface area contributed by atoms with Crippen molar-refractivity contribution in [1.29, 1.82) is 0 Å². The molecule has 1 saturated heterocycles. The number of amides is 1. The Kier molecular flexibility index (Phi) is 5.57. The number of aromatic nitrogens is 3. The maximum atomic E-state index is 15.3. The fourth-order valence-electron chi connectivity index (χ4n) is 3.38. The number of ether oxygens (including phenoxy) is 1. The highest BCUT2D eigenvalue weighted by Crippen LogP contribution is 2.32. The Morgan fingerprint density at radius 1 is 1.21 bits per heavy atom. The summed E-state index contributed by atoms with van der Waals surface area (Å²) in [4.78, 5) is 23.0. The zero-order valence-electron chi connectivity index (χ0n) is 17.3. The summed E-state index contributed by atoms with van der Waals surface area (Å²) in [5.74, 6) is 0.638. The van der Waals surface area contributed by atoms with E-state index < -0.39 is 5.67 Å². The molecule has 7 heteroatoms. The predicted octanol–water partition coefficient (Wildman–Crippen LogP) is 3.46. The van der Waals surface area contributed by atoms with Gasteiger partial charge in [0.1, 0.15) is 22.9 Å². The van der Waals surface area contributed by atoms with E-state index in [-0.39, 0.29) is 17.9 Å². The van der Waals surface area contributed by atoms with Crippen molar-refractivity contribution >= 4 is 5.91 Å². The summed E-state index contributed by atoms with van der Waals surface area (Å²) in [5, 5.41) is 0. The van der Waals surface area contributed by atoms with Crippen molar-refractivity contribution in [3.63, 3.8) is 0 Å². The number of rotatable bonds is 4. The summed E-state index contributed by atoms with van der Waals surface area (Å²) in [6, 6.07) is 5.31. The molecule has 6 nitrogen and oxygen atoms in total. The van der Waals surface area contributed by atoms with Gasteiger partial charge in [0.05, 0.1) is 12.2 Å². The third kappa shape index (κ3) is 4.41. The Morgan fingerprint density at radius 2 is 1.89 bits per heavy atom. The second kappa shape index (κ2) is 7.62. The number of carbonyl (C=O) groups excluding carboxylic acids is 1. The number of carbonyl (C=O) groups is 1. The van der Waals surface area contributed by atoms with Crippen LogP contribution in [0.5, 0.6) is 0 Å². The minimum absolute atomic E-state index is 0.165. The monoisotopic (exact) mass is 388 g/mol. The van der Waals surface area contributed by atoms with Crippen LogP contribution >= 0.6 is 0 Å². The minimum Gasteiger partial charge on any atom is -0.381 e. The Morgan fingerprint density at radius 3 is 2.50 bits per heavy atom. The Hall–Kier alpha value is -2.28. The number of hydrogen-bond acceptors (Lipinski definition) is 4. The van der Waals surface area contributed by atoms with Crippen molar-refractivity contribution in [2.45, 2.75) is 51.2 Å². The zero-order chi connectivity index (χ0) is 20.5. The lowest BCUT2D eigenvalue weighted by molar-refractivity contribution is -0.0184. The van der Waals surface area contributed by atoms with Gasteiger partial charge in [0.2, 0.25) is 0 Å². The molecule has 2 aromatic rings. The Labute approximate surface area is 165 Å². The SMILES string of the molecule is CN(C)C(=O)c1cccc(-c2cn(CC3(F)CCOCC3)c(C(C)(C)C)n2)n1. The molecule has 0 bridgehead atoms. The molecular formula is C21H29FN4O2. The van der Waals surface area contributed by atoms with Gasteiger partial charge in [-0.3, -0.25) is 4.79 Å². The second-order valence-corrected chi connectivity index (χ2v) is 8.70. The van der Waals surface area contributed by atoms with E-state index in [1.54, 1.807) is 26.2 Å². The fourth-order valence-corrected chi connectivity index (χ4v) is 3.38. The summed E-state index contributed by atoms with van der Waals surface area (Å²) in [7, 11) is 3.38. The molecule has 1 aliphatic heterocycles. The molecule has 152 valence electrons. The first-order valence-corrected chi connectivity index (χ1v) is 9.62. The van der Waals surface area contributed by atoms with E-state index in [2.05, 4.69) is 25.8 Å². The molecule has 3 rings (SSSR count). The van der Waals surface area contributed by atoms with Crippen molar-refractivity contribution < 1.29 is 13.9 Å². The summed E-state index contributed by atoms with van der Waals surface area (Å²) in [6.45, 7) is 7.31. The number of nitrogens with zero attached hydrogens (tertiary/aromatic N) is 4. The lowest BCUT2D eigenvalue weighted by Gasteiger charge is -2.31. The molecule has 0 unspecified atom stereocenters. The van der Waals surface area contributed by atoms with Gasteiger partial charge in [-0.1, -0.05) is 26.8 Å². The third-order valence-electron chi connectivity index (χ3n) is 4.93. The largest absolute Gasteiger partial charge is 0.381 e. The first-order valence-electron chi connectivity index (χ1n) is 9.62. The lowest BCUT2D eigenvalue weighted by Crippen LogP contribution is -2.37. The van der Waals surface area contributed by atoms with Gasteiger partial charge in [0.15, 0.2) is 0 Å². The van der Waals surface area contributed by atoms with Crippen LogP contribution in [0.25, 0.3) is 11.4 Å².